The highest BCUT2D eigenvalue weighted by Gasteiger charge is 2.23. The third-order valence-corrected chi connectivity index (χ3v) is 6.05. The average Bonchev–Trinajstić information content (AvgIpc) is 3.29. The minimum Gasteiger partial charge on any atom is -0.497 e. The van der Waals surface area contributed by atoms with Gasteiger partial charge in [0.2, 0.25) is 11.8 Å². The predicted octanol–water partition coefficient (Wildman–Crippen LogP) is 5.52. The number of anilines is 1. The van der Waals surface area contributed by atoms with Gasteiger partial charge in [-0.15, -0.1) is 0 Å². The second-order valence-corrected chi connectivity index (χ2v) is 10.1. The first-order valence-corrected chi connectivity index (χ1v) is 12.7. The summed E-state index contributed by atoms with van der Waals surface area (Å²) in [5, 5.41) is 7.71. The number of hydrogen-bond donors (Lipinski definition) is 1. The number of unbranched alkanes of at least 4 members (excludes halogenated alkanes) is 2. The number of carbonyl (C=O) groups excluding carboxylic acids is 2. The van der Waals surface area contributed by atoms with Gasteiger partial charge >= 0.3 is 0 Å². The van der Waals surface area contributed by atoms with E-state index in [-0.39, 0.29) is 36.0 Å². The van der Waals surface area contributed by atoms with Crippen LogP contribution in [0.5, 0.6) is 5.75 Å². The van der Waals surface area contributed by atoms with Gasteiger partial charge in [-0.3, -0.25) is 9.59 Å². The number of rotatable bonds is 11. The van der Waals surface area contributed by atoms with Crippen LogP contribution in [0.3, 0.4) is 0 Å². The number of nitrogens with one attached hydrogen (secondary N) is 1. The van der Waals surface area contributed by atoms with E-state index in [4.69, 9.17) is 9.84 Å². The second kappa shape index (κ2) is 12.5. The third-order valence-electron chi connectivity index (χ3n) is 6.05. The van der Waals surface area contributed by atoms with Crippen molar-refractivity contribution in [3.63, 3.8) is 0 Å². The minimum atomic E-state index is -0.349. The van der Waals surface area contributed by atoms with Gasteiger partial charge in [0, 0.05) is 18.0 Å². The van der Waals surface area contributed by atoms with E-state index in [1.807, 2.05) is 30.3 Å². The van der Waals surface area contributed by atoms with Gasteiger partial charge < -0.3 is 15.0 Å². The Morgan fingerprint density at radius 1 is 1.05 bits per heavy atom. The molecule has 8 heteroatoms. The summed E-state index contributed by atoms with van der Waals surface area (Å²) in [6.45, 7) is 8.66. The predicted molar refractivity (Wildman–Crippen MR) is 144 cm³/mol. The number of aromatic nitrogens is 2. The molecule has 3 rings (SSSR count). The maximum Gasteiger partial charge on any atom is 0.245 e. The fraction of sp³-hybridized carbons (Fsp3) is 0.414. The smallest absolute Gasteiger partial charge is 0.245 e. The van der Waals surface area contributed by atoms with E-state index in [9.17, 15) is 14.0 Å². The highest BCUT2D eigenvalue weighted by molar-refractivity contribution is 5.94. The monoisotopic (exact) mass is 508 g/mol. The van der Waals surface area contributed by atoms with Crippen molar-refractivity contribution in [1.82, 2.24) is 14.7 Å². The second-order valence-electron chi connectivity index (χ2n) is 10.1. The fourth-order valence-electron chi connectivity index (χ4n) is 3.85. The van der Waals surface area contributed by atoms with Crippen molar-refractivity contribution in [1.29, 1.82) is 0 Å². The van der Waals surface area contributed by atoms with Crippen molar-refractivity contribution in [2.45, 2.75) is 58.8 Å². The van der Waals surface area contributed by atoms with Gasteiger partial charge in [-0.2, -0.15) is 5.10 Å². The molecule has 2 amide bonds. The van der Waals surface area contributed by atoms with E-state index in [0.717, 1.165) is 36.4 Å². The van der Waals surface area contributed by atoms with Crippen LogP contribution in [0, 0.1) is 5.82 Å². The van der Waals surface area contributed by atoms with Crippen LogP contribution >= 0.6 is 0 Å². The van der Waals surface area contributed by atoms with Crippen molar-refractivity contribution in [3.05, 3.63) is 71.7 Å². The molecular weight excluding hydrogens is 471 g/mol. The van der Waals surface area contributed by atoms with Gasteiger partial charge in [0.1, 0.15) is 17.4 Å². The lowest BCUT2D eigenvalue weighted by Gasteiger charge is -2.22. The molecule has 0 aliphatic carbocycles. The van der Waals surface area contributed by atoms with Crippen LogP contribution in [0.2, 0.25) is 0 Å². The molecule has 0 aliphatic heterocycles. The number of halogens is 1. The number of hydrogen-bond acceptors (Lipinski definition) is 4. The standard InChI is InChI=1S/C29H37FN4O3/c1-6-7-8-17-33(28(36)18-21-9-11-22(30)12-10-21)20-27(35)31-26-19-25(29(2,3)4)32-34(26)23-13-15-24(37-5)16-14-23/h9-16,19H,6-8,17-18,20H2,1-5H3,(H,31,35). The molecule has 0 unspecified atom stereocenters. The lowest BCUT2D eigenvalue weighted by atomic mass is 9.92. The lowest BCUT2D eigenvalue weighted by Crippen LogP contribution is -2.39. The maximum absolute atomic E-state index is 13.3. The quantitative estimate of drug-likeness (QED) is 0.346. The van der Waals surface area contributed by atoms with Crippen LogP contribution in [-0.2, 0) is 21.4 Å². The highest BCUT2D eigenvalue weighted by Crippen LogP contribution is 2.27. The van der Waals surface area contributed by atoms with E-state index < -0.39 is 0 Å². The molecule has 0 spiro atoms. The Bertz CT molecular complexity index is 1180. The number of ether oxygens (including phenoxy) is 1. The van der Waals surface area contributed by atoms with Crippen LogP contribution in [0.4, 0.5) is 10.2 Å². The average molecular weight is 509 g/mol. The molecule has 0 saturated carbocycles. The van der Waals surface area contributed by atoms with Crippen molar-refractivity contribution >= 4 is 17.6 Å². The topological polar surface area (TPSA) is 76.5 Å². The Morgan fingerprint density at radius 2 is 1.73 bits per heavy atom. The summed E-state index contributed by atoms with van der Waals surface area (Å²) in [6.07, 6.45) is 2.87. The van der Waals surface area contributed by atoms with Crippen LogP contribution in [0.25, 0.3) is 5.69 Å². The van der Waals surface area contributed by atoms with E-state index in [1.165, 1.54) is 12.1 Å². The minimum absolute atomic E-state index is 0.0810. The molecule has 0 aliphatic rings. The summed E-state index contributed by atoms with van der Waals surface area (Å²) >= 11 is 0. The van der Waals surface area contributed by atoms with Gasteiger partial charge in [-0.25, -0.2) is 9.07 Å². The first kappa shape index (κ1) is 27.9. The number of amides is 2. The Hall–Kier alpha value is -3.68. The molecule has 1 aromatic heterocycles. The maximum atomic E-state index is 13.3. The highest BCUT2D eigenvalue weighted by atomic mass is 19.1. The van der Waals surface area contributed by atoms with Crippen LogP contribution in [-0.4, -0.2) is 46.7 Å². The first-order valence-electron chi connectivity index (χ1n) is 12.7. The summed E-state index contributed by atoms with van der Waals surface area (Å²) in [7, 11) is 1.61. The number of benzene rings is 2. The Kier molecular flexibility index (Phi) is 9.44. The number of carbonyl (C=O) groups is 2. The summed E-state index contributed by atoms with van der Waals surface area (Å²) in [4.78, 5) is 27.8. The molecule has 2 aromatic carbocycles. The largest absolute Gasteiger partial charge is 0.497 e. The SMILES string of the molecule is CCCCCN(CC(=O)Nc1cc(C(C)(C)C)nn1-c1ccc(OC)cc1)C(=O)Cc1ccc(F)cc1. The van der Waals surface area contributed by atoms with E-state index in [0.29, 0.717) is 17.9 Å². The molecule has 37 heavy (non-hydrogen) atoms. The zero-order chi connectivity index (χ0) is 27.0. The van der Waals surface area contributed by atoms with Crippen molar-refractivity contribution in [2.75, 3.05) is 25.5 Å². The molecule has 0 radical (unpaired) electrons. The van der Waals surface area contributed by atoms with E-state index >= 15 is 0 Å². The van der Waals surface area contributed by atoms with E-state index in [1.54, 1.807) is 28.8 Å². The summed E-state index contributed by atoms with van der Waals surface area (Å²) < 4.78 is 20.2. The molecule has 0 saturated heterocycles. The molecule has 1 N–H and O–H groups in total. The van der Waals surface area contributed by atoms with Crippen LogP contribution < -0.4 is 10.1 Å². The van der Waals surface area contributed by atoms with E-state index in [2.05, 4.69) is 33.0 Å². The number of methoxy groups -OCH3 is 1. The van der Waals surface area contributed by atoms with Gasteiger partial charge in [0.05, 0.1) is 31.5 Å². The zero-order valence-electron chi connectivity index (χ0n) is 22.4. The molecule has 198 valence electrons. The summed E-state index contributed by atoms with van der Waals surface area (Å²) in [5.74, 6) is 0.425. The molecule has 0 fully saturated rings. The third kappa shape index (κ3) is 7.90. The van der Waals surface area contributed by atoms with Gasteiger partial charge in [-0.05, 0) is 48.4 Å². The normalized spacial score (nSPS) is 11.3. The molecular formula is C29H37FN4O3. The molecule has 1 heterocycles. The lowest BCUT2D eigenvalue weighted by molar-refractivity contribution is -0.134. The zero-order valence-corrected chi connectivity index (χ0v) is 22.4. The summed E-state index contributed by atoms with van der Waals surface area (Å²) in [6, 6.07) is 15.1. The Morgan fingerprint density at radius 3 is 2.32 bits per heavy atom. The van der Waals surface area contributed by atoms with Crippen molar-refractivity contribution in [3.8, 4) is 11.4 Å². The van der Waals surface area contributed by atoms with Crippen LogP contribution in [0.15, 0.2) is 54.6 Å². The molecule has 0 bridgehead atoms. The Labute approximate surface area is 218 Å². The Balaban J connectivity index is 1.80. The van der Waals surface area contributed by atoms with Gasteiger partial charge in [-0.1, -0.05) is 52.7 Å². The molecule has 3 aromatic rings. The van der Waals surface area contributed by atoms with Gasteiger partial charge in [0.15, 0.2) is 0 Å². The first-order chi connectivity index (χ1) is 17.6. The molecule has 0 atom stereocenters. The number of nitrogens with zero attached hydrogens (tertiary/aromatic N) is 3. The van der Waals surface area contributed by atoms with Gasteiger partial charge in [0.25, 0.3) is 0 Å². The fourth-order valence-corrected chi connectivity index (χ4v) is 3.85. The summed E-state index contributed by atoms with van der Waals surface area (Å²) in [5.41, 5.74) is 2.08. The van der Waals surface area contributed by atoms with Crippen molar-refractivity contribution in [2.24, 2.45) is 0 Å². The van der Waals surface area contributed by atoms with Crippen LogP contribution in [0.1, 0.15) is 58.2 Å². The van der Waals surface area contributed by atoms with Crippen molar-refractivity contribution < 1.29 is 18.7 Å². The molecule has 7 nitrogen and oxygen atoms in total.